The summed E-state index contributed by atoms with van der Waals surface area (Å²) < 4.78 is 11.5. The molecule has 0 spiro atoms. The van der Waals surface area contributed by atoms with E-state index in [4.69, 9.17) is 9.47 Å². The Kier molecular flexibility index (Phi) is 4.45. The number of hydrogen-bond acceptors (Lipinski definition) is 5. The van der Waals surface area contributed by atoms with Gasteiger partial charge in [0.1, 0.15) is 17.5 Å². The van der Waals surface area contributed by atoms with Crippen LogP contribution in [0.2, 0.25) is 0 Å². The Morgan fingerprint density at radius 2 is 2.22 bits per heavy atom. The monoisotopic (exact) mass is 336 g/mol. The van der Waals surface area contributed by atoms with E-state index in [1.54, 1.807) is 16.7 Å². The number of ether oxygens (including phenoxy) is 2. The van der Waals surface area contributed by atoms with Gasteiger partial charge in [0.25, 0.3) is 0 Å². The molecule has 0 aromatic carbocycles. The molecule has 6 heteroatoms. The number of rotatable bonds is 2. The first-order chi connectivity index (χ1) is 10.8. The van der Waals surface area contributed by atoms with Gasteiger partial charge in [0.2, 0.25) is 0 Å². The fourth-order valence-corrected chi connectivity index (χ4v) is 3.88. The lowest BCUT2D eigenvalue weighted by molar-refractivity contribution is 0.0260. The van der Waals surface area contributed by atoms with Gasteiger partial charge in [-0.05, 0) is 39.8 Å². The maximum absolute atomic E-state index is 12.1. The predicted octanol–water partition coefficient (Wildman–Crippen LogP) is 3.37. The number of hydrogen-bond donors (Lipinski definition) is 0. The number of likely N-dealkylation sites (tertiary alicyclic amines) is 1. The van der Waals surface area contributed by atoms with Crippen LogP contribution in [-0.2, 0) is 9.47 Å². The van der Waals surface area contributed by atoms with E-state index in [9.17, 15) is 4.79 Å². The number of allylic oxidation sites excluding steroid dienone is 1. The van der Waals surface area contributed by atoms with Crippen LogP contribution in [0.15, 0.2) is 29.0 Å². The van der Waals surface area contributed by atoms with Crippen molar-refractivity contribution >= 4 is 22.9 Å². The van der Waals surface area contributed by atoms with Crippen molar-refractivity contribution in [2.75, 3.05) is 13.1 Å². The van der Waals surface area contributed by atoms with E-state index in [2.05, 4.69) is 17.1 Å². The lowest BCUT2D eigenvalue weighted by Gasteiger charge is -2.24. The van der Waals surface area contributed by atoms with Gasteiger partial charge >= 0.3 is 6.09 Å². The summed E-state index contributed by atoms with van der Waals surface area (Å²) in [5.74, 6) is 0.862. The van der Waals surface area contributed by atoms with E-state index < -0.39 is 5.60 Å². The van der Waals surface area contributed by atoms with E-state index in [0.29, 0.717) is 18.3 Å². The van der Waals surface area contributed by atoms with Crippen molar-refractivity contribution in [3.8, 4) is 0 Å². The van der Waals surface area contributed by atoms with Gasteiger partial charge in [0.15, 0.2) is 0 Å². The molecule has 3 atom stereocenters. The first kappa shape index (κ1) is 16.4. The summed E-state index contributed by atoms with van der Waals surface area (Å²) in [5, 5.41) is 1.53. The van der Waals surface area contributed by atoms with Crippen molar-refractivity contribution in [2.45, 2.75) is 57.1 Å². The largest absolute Gasteiger partial charge is 0.489 e. The van der Waals surface area contributed by atoms with Crippen molar-refractivity contribution in [3.05, 3.63) is 24.0 Å². The molecule has 23 heavy (non-hydrogen) atoms. The number of carbonyl (C=O) groups excluding carboxylic acids is 1. The van der Waals surface area contributed by atoms with Crippen molar-refractivity contribution < 1.29 is 14.3 Å². The molecule has 0 aromatic heterocycles. The van der Waals surface area contributed by atoms with Crippen LogP contribution in [0.3, 0.4) is 0 Å². The summed E-state index contributed by atoms with van der Waals surface area (Å²) in [6.45, 7) is 8.93. The summed E-state index contributed by atoms with van der Waals surface area (Å²) in [6.07, 6.45) is 6.86. The molecule has 0 bridgehead atoms. The number of aliphatic imine (C=N–C) groups is 1. The van der Waals surface area contributed by atoms with Gasteiger partial charge in [-0.25, -0.2) is 4.79 Å². The molecular formula is C17H24N2O3S. The topological polar surface area (TPSA) is 51.1 Å². The normalized spacial score (nSPS) is 29.9. The fraction of sp³-hybridized carbons (Fsp3) is 0.647. The molecule has 1 amide bonds. The minimum absolute atomic E-state index is 0.0223. The summed E-state index contributed by atoms with van der Waals surface area (Å²) in [7, 11) is 0. The maximum atomic E-state index is 12.1. The van der Waals surface area contributed by atoms with Crippen LogP contribution in [-0.4, -0.2) is 52.1 Å². The van der Waals surface area contributed by atoms with E-state index in [-0.39, 0.29) is 18.2 Å². The Bertz CT molecular complexity index is 577. The molecule has 1 saturated heterocycles. The number of thioether (sulfide) groups is 1. The van der Waals surface area contributed by atoms with Crippen LogP contribution in [0.1, 0.15) is 34.1 Å². The second-order valence-electron chi connectivity index (χ2n) is 7.10. The van der Waals surface area contributed by atoms with E-state index >= 15 is 0 Å². The van der Waals surface area contributed by atoms with Crippen molar-refractivity contribution in [1.29, 1.82) is 0 Å². The maximum Gasteiger partial charge on any atom is 0.410 e. The molecular weight excluding hydrogens is 312 g/mol. The lowest BCUT2D eigenvalue weighted by Crippen LogP contribution is -2.36. The van der Waals surface area contributed by atoms with Crippen molar-refractivity contribution in [3.63, 3.8) is 0 Å². The molecule has 3 aliphatic rings. The third-order valence-corrected chi connectivity index (χ3v) is 5.01. The zero-order valence-electron chi connectivity index (χ0n) is 14.1. The number of carbonyl (C=O) groups is 1. The molecule has 0 radical (unpaired) electrons. The Morgan fingerprint density at radius 3 is 2.96 bits per heavy atom. The number of nitrogens with zero attached hydrogens (tertiary/aromatic N) is 2. The van der Waals surface area contributed by atoms with E-state index in [0.717, 1.165) is 17.2 Å². The van der Waals surface area contributed by atoms with E-state index in [1.165, 1.54) is 0 Å². The van der Waals surface area contributed by atoms with Gasteiger partial charge < -0.3 is 14.4 Å². The summed E-state index contributed by atoms with van der Waals surface area (Å²) in [5.41, 5.74) is -0.463. The Labute approximate surface area is 141 Å². The Hall–Kier alpha value is -1.43. The molecule has 2 heterocycles. The van der Waals surface area contributed by atoms with Crippen LogP contribution in [0.5, 0.6) is 0 Å². The smallest absolute Gasteiger partial charge is 0.410 e. The van der Waals surface area contributed by atoms with Gasteiger partial charge in [-0.1, -0.05) is 6.08 Å². The zero-order chi connectivity index (χ0) is 16.6. The third-order valence-electron chi connectivity index (χ3n) is 3.86. The highest BCUT2D eigenvalue weighted by atomic mass is 32.2. The summed E-state index contributed by atoms with van der Waals surface area (Å²) in [4.78, 5) is 18.4. The Balaban J connectivity index is 1.54. The SMILES string of the molecule is CC1=N[C@@H]2C=C(O[C@H]3CCN(C(=O)OC(C)(C)C)C3)C=C[C@H]2S1. The highest BCUT2D eigenvalue weighted by Gasteiger charge is 2.32. The average molecular weight is 336 g/mol. The number of amides is 1. The summed E-state index contributed by atoms with van der Waals surface area (Å²) >= 11 is 1.80. The van der Waals surface area contributed by atoms with E-state index in [1.807, 2.05) is 33.8 Å². The fourth-order valence-electron chi connectivity index (χ4n) is 2.87. The van der Waals surface area contributed by atoms with Crippen LogP contribution >= 0.6 is 11.8 Å². The van der Waals surface area contributed by atoms with Crippen molar-refractivity contribution in [2.24, 2.45) is 4.99 Å². The predicted molar refractivity (Wildman–Crippen MR) is 92.8 cm³/mol. The molecule has 0 saturated carbocycles. The molecule has 0 N–H and O–H groups in total. The van der Waals surface area contributed by atoms with Gasteiger partial charge in [-0.15, -0.1) is 11.8 Å². The van der Waals surface area contributed by atoms with Gasteiger partial charge in [0, 0.05) is 13.0 Å². The standard InChI is InChI=1S/C17H24N2O3S/c1-11-18-14-9-12(5-6-15(14)23-11)21-13-7-8-19(10-13)16(20)22-17(2,3)4/h5-6,9,13-15H,7-8,10H2,1-4H3/t13-,14+,15+/m0/s1. The minimum Gasteiger partial charge on any atom is -0.489 e. The van der Waals surface area contributed by atoms with Gasteiger partial charge in [-0.3, -0.25) is 4.99 Å². The zero-order valence-corrected chi connectivity index (χ0v) is 14.9. The highest BCUT2D eigenvalue weighted by molar-refractivity contribution is 8.14. The molecule has 3 rings (SSSR count). The molecule has 126 valence electrons. The second kappa shape index (κ2) is 6.23. The van der Waals surface area contributed by atoms with Crippen LogP contribution < -0.4 is 0 Å². The first-order valence-corrected chi connectivity index (χ1v) is 8.94. The first-order valence-electron chi connectivity index (χ1n) is 8.06. The molecule has 5 nitrogen and oxygen atoms in total. The van der Waals surface area contributed by atoms with Crippen molar-refractivity contribution in [1.82, 2.24) is 4.90 Å². The highest BCUT2D eigenvalue weighted by Crippen LogP contribution is 2.33. The Morgan fingerprint density at radius 1 is 1.43 bits per heavy atom. The molecule has 2 aliphatic heterocycles. The summed E-state index contributed by atoms with van der Waals surface area (Å²) in [6, 6.07) is 0.184. The third kappa shape index (κ3) is 4.10. The van der Waals surface area contributed by atoms with Crippen LogP contribution in [0, 0.1) is 0 Å². The molecule has 0 unspecified atom stereocenters. The van der Waals surface area contributed by atoms with Crippen LogP contribution in [0.25, 0.3) is 0 Å². The molecule has 1 fully saturated rings. The molecule has 1 aliphatic carbocycles. The minimum atomic E-state index is -0.463. The van der Waals surface area contributed by atoms with Gasteiger partial charge in [-0.2, -0.15) is 0 Å². The number of fused-ring (bicyclic) bond motifs is 1. The quantitative estimate of drug-likeness (QED) is 0.776. The van der Waals surface area contributed by atoms with Crippen LogP contribution in [0.4, 0.5) is 4.79 Å². The second-order valence-corrected chi connectivity index (χ2v) is 8.48. The average Bonchev–Trinajstić information content (AvgIpc) is 3.02. The lowest BCUT2D eigenvalue weighted by atomic mass is 10.1. The molecule has 0 aromatic rings. The van der Waals surface area contributed by atoms with Gasteiger partial charge in [0.05, 0.1) is 22.9 Å².